The Balaban J connectivity index is 2.29. The van der Waals surface area contributed by atoms with Crippen LogP contribution in [-0.2, 0) is 6.42 Å². The highest BCUT2D eigenvalue weighted by Gasteiger charge is 2.16. The first-order valence-corrected chi connectivity index (χ1v) is 6.93. The summed E-state index contributed by atoms with van der Waals surface area (Å²) >= 11 is 6.32. The zero-order valence-corrected chi connectivity index (χ0v) is 12.7. The van der Waals surface area contributed by atoms with Gasteiger partial charge in [-0.05, 0) is 43.7 Å². The monoisotopic (exact) mass is 290 g/mol. The molecule has 2 aromatic rings. The van der Waals surface area contributed by atoms with Crippen molar-refractivity contribution >= 4 is 11.6 Å². The van der Waals surface area contributed by atoms with Crippen molar-refractivity contribution in [2.24, 2.45) is 0 Å². The SMILES string of the molecule is CNC(Cc1ccc(C)cc1Cl)c1ccncc1OC. The van der Waals surface area contributed by atoms with Crippen LogP contribution in [0.25, 0.3) is 0 Å². The van der Waals surface area contributed by atoms with Crippen LogP contribution in [0.15, 0.2) is 36.7 Å². The average Bonchev–Trinajstić information content (AvgIpc) is 2.46. The lowest BCUT2D eigenvalue weighted by Gasteiger charge is -2.19. The predicted octanol–water partition coefficient (Wildman–Crippen LogP) is 3.56. The maximum Gasteiger partial charge on any atom is 0.141 e. The molecule has 1 N–H and O–H groups in total. The molecule has 1 unspecified atom stereocenters. The van der Waals surface area contributed by atoms with Crippen molar-refractivity contribution in [2.75, 3.05) is 14.2 Å². The van der Waals surface area contributed by atoms with E-state index in [1.165, 1.54) is 5.56 Å². The Hall–Kier alpha value is -1.58. The summed E-state index contributed by atoms with van der Waals surface area (Å²) in [5.41, 5.74) is 3.37. The minimum absolute atomic E-state index is 0.133. The van der Waals surface area contributed by atoms with E-state index >= 15 is 0 Å². The van der Waals surface area contributed by atoms with Crippen molar-refractivity contribution in [3.05, 3.63) is 58.4 Å². The molecule has 20 heavy (non-hydrogen) atoms. The van der Waals surface area contributed by atoms with Crippen LogP contribution in [0.2, 0.25) is 5.02 Å². The number of halogens is 1. The number of methoxy groups -OCH3 is 1. The molecule has 0 fully saturated rings. The van der Waals surface area contributed by atoms with Gasteiger partial charge in [0.2, 0.25) is 0 Å². The number of pyridine rings is 1. The maximum absolute atomic E-state index is 6.32. The Morgan fingerprint density at radius 3 is 2.80 bits per heavy atom. The van der Waals surface area contributed by atoms with Crippen LogP contribution in [-0.4, -0.2) is 19.1 Å². The molecule has 4 heteroatoms. The molecule has 1 aromatic heterocycles. The molecule has 106 valence electrons. The van der Waals surface area contributed by atoms with Gasteiger partial charge < -0.3 is 10.1 Å². The number of hydrogen-bond acceptors (Lipinski definition) is 3. The second-order valence-corrected chi connectivity index (χ2v) is 5.17. The number of aryl methyl sites for hydroxylation is 1. The molecule has 0 saturated carbocycles. The van der Waals surface area contributed by atoms with Crippen LogP contribution in [0.3, 0.4) is 0 Å². The normalized spacial score (nSPS) is 12.2. The van der Waals surface area contributed by atoms with E-state index in [4.69, 9.17) is 16.3 Å². The average molecular weight is 291 g/mol. The fourth-order valence-corrected chi connectivity index (χ4v) is 2.57. The van der Waals surface area contributed by atoms with Crippen molar-refractivity contribution in [3.8, 4) is 5.75 Å². The Morgan fingerprint density at radius 1 is 1.35 bits per heavy atom. The fraction of sp³-hybridized carbons (Fsp3) is 0.312. The maximum atomic E-state index is 6.32. The number of likely N-dealkylation sites (N-methyl/N-ethyl adjacent to an activating group) is 1. The molecular formula is C16H19ClN2O. The lowest BCUT2D eigenvalue weighted by molar-refractivity contribution is 0.399. The second kappa shape index (κ2) is 6.73. The van der Waals surface area contributed by atoms with Crippen LogP contribution in [0.1, 0.15) is 22.7 Å². The van der Waals surface area contributed by atoms with Crippen LogP contribution in [0, 0.1) is 6.92 Å². The van der Waals surface area contributed by atoms with Gasteiger partial charge in [-0.15, -0.1) is 0 Å². The number of nitrogens with zero attached hydrogens (tertiary/aromatic N) is 1. The van der Waals surface area contributed by atoms with Gasteiger partial charge in [-0.1, -0.05) is 23.7 Å². The molecule has 2 rings (SSSR count). The smallest absolute Gasteiger partial charge is 0.141 e. The summed E-state index contributed by atoms with van der Waals surface area (Å²) < 4.78 is 5.38. The van der Waals surface area contributed by atoms with E-state index in [9.17, 15) is 0 Å². The van der Waals surface area contributed by atoms with Gasteiger partial charge in [0.05, 0.1) is 13.3 Å². The minimum Gasteiger partial charge on any atom is -0.495 e. The third kappa shape index (κ3) is 3.30. The summed E-state index contributed by atoms with van der Waals surface area (Å²) in [6.45, 7) is 2.04. The summed E-state index contributed by atoms with van der Waals surface area (Å²) in [5.74, 6) is 0.787. The van der Waals surface area contributed by atoms with Gasteiger partial charge in [-0.3, -0.25) is 4.98 Å². The van der Waals surface area contributed by atoms with Crippen LogP contribution in [0.4, 0.5) is 0 Å². The van der Waals surface area contributed by atoms with Gasteiger partial charge in [-0.2, -0.15) is 0 Å². The molecule has 0 aliphatic carbocycles. The lowest BCUT2D eigenvalue weighted by Crippen LogP contribution is -2.19. The van der Waals surface area contributed by atoms with Crippen LogP contribution < -0.4 is 10.1 Å². The minimum atomic E-state index is 0.133. The number of nitrogens with one attached hydrogen (secondary N) is 1. The predicted molar refractivity (Wildman–Crippen MR) is 82.5 cm³/mol. The molecule has 0 saturated heterocycles. The Bertz CT molecular complexity index is 586. The number of aromatic nitrogens is 1. The largest absolute Gasteiger partial charge is 0.495 e. The number of ether oxygens (including phenoxy) is 1. The van der Waals surface area contributed by atoms with Gasteiger partial charge in [0.25, 0.3) is 0 Å². The molecule has 3 nitrogen and oxygen atoms in total. The topological polar surface area (TPSA) is 34.2 Å². The molecule has 0 spiro atoms. The highest BCUT2D eigenvalue weighted by atomic mass is 35.5. The third-order valence-corrected chi connectivity index (χ3v) is 3.74. The molecule has 0 aliphatic rings. The first-order chi connectivity index (χ1) is 9.65. The number of hydrogen-bond donors (Lipinski definition) is 1. The summed E-state index contributed by atoms with van der Waals surface area (Å²) in [6, 6.07) is 8.26. The first-order valence-electron chi connectivity index (χ1n) is 6.56. The lowest BCUT2D eigenvalue weighted by atomic mass is 9.98. The second-order valence-electron chi connectivity index (χ2n) is 4.76. The molecule has 1 aromatic carbocycles. The molecule has 0 radical (unpaired) electrons. The molecule has 1 heterocycles. The van der Waals surface area contributed by atoms with E-state index in [1.807, 2.05) is 26.1 Å². The van der Waals surface area contributed by atoms with Crippen molar-refractivity contribution in [2.45, 2.75) is 19.4 Å². The van der Waals surface area contributed by atoms with Gasteiger partial charge in [-0.25, -0.2) is 0 Å². The van der Waals surface area contributed by atoms with E-state index < -0.39 is 0 Å². The van der Waals surface area contributed by atoms with E-state index in [-0.39, 0.29) is 6.04 Å². The molecule has 0 bridgehead atoms. The quantitative estimate of drug-likeness (QED) is 0.914. The Morgan fingerprint density at radius 2 is 2.15 bits per heavy atom. The zero-order valence-electron chi connectivity index (χ0n) is 12.0. The third-order valence-electron chi connectivity index (χ3n) is 3.39. The zero-order chi connectivity index (χ0) is 14.5. The van der Waals surface area contributed by atoms with Gasteiger partial charge >= 0.3 is 0 Å². The van der Waals surface area contributed by atoms with E-state index in [1.54, 1.807) is 19.5 Å². The summed E-state index contributed by atoms with van der Waals surface area (Å²) in [4.78, 5) is 4.09. The first kappa shape index (κ1) is 14.8. The molecule has 0 amide bonds. The highest BCUT2D eigenvalue weighted by molar-refractivity contribution is 6.31. The number of rotatable bonds is 5. The van der Waals surface area contributed by atoms with E-state index in [0.29, 0.717) is 0 Å². The summed E-state index contributed by atoms with van der Waals surface area (Å²) in [7, 11) is 3.60. The summed E-state index contributed by atoms with van der Waals surface area (Å²) in [6.07, 6.45) is 4.31. The van der Waals surface area contributed by atoms with E-state index in [0.717, 1.165) is 28.3 Å². The van der Waals surface area contributed by atoms with Gasteiger partial charge in [0, 0.05) is 22.8 Å². The number of benzene rings is 1. The fourth-order valence-electron chi connectivity index (χ4n) is 2.25. The van der Waals surface area contributed by atoms with Gasteiger partial charge in [0.1, 0.15) is 5.75 Å². The molecular weight excluding hydrogens is 272 g/mol. The molecule has 1 atom stereocenters. The Kier molecular flexibility index (Phi) is 4.99. The van der Waals surface area contributed by atoms with Crippen molar-refractivity contribution < 1.29 is 4.74 Å². The summed E-state index contributed by atoms with van der Waals surface area (Å²) in [5, 5.41) is 4.12. The van der Waals surface area contributed by atoms with Crippen LogP contribution >= 0.6 is 11.6 Å². The standard InChI is InChI=1S/C16H19ClN2O/c1-11-4-5-12(14(17)8-11)9-15(18-2)13-6-7-19-10-16(13)20-3/h4-8,10,15,18H,9H2,1-3H3. The van der Waals surface area contributed by atoms with Crippen molar-refractivity contribution in [1.29, 1.82) is 0 Å². The Labute approximate surface area is 124 Å². The molecule has 0 aliphatic heterocycles. The van der Waals surface area contributed by atoms with Gasteiger partial charge in [0.15, 0.2) is 0 Å². The van der Waals surface area contributed by atoms with E-state index in [2.05, 4.69) is 22.4 Å². The van der Waals surface area contributed by atoms with Crippen molar-refractivity contribution in [3.63, 3.8) is 0 Å². The highest BCUT2D eigenvalue weighted by Crippen LogP contribution is 2.29. The van der Waals surface area contributed by atoms with Crippen LogP contribution in [0.5, 0.6) is 5.75 Å². The van der Waals surface area contributed by atoms with Crippen molar-refractivity contribution in [1.82, 2.24) is 10.3 Å².